The SMILES string of the molecule is CCCCNC(=O)[C@@H](Cc1ccccc1)N(Cc1ccccc1Cl)C(=O)COc1ccc(C(C)C)cc1. The molecule has 0 heterocycles. The summed E-state index contributed by atoms with van der Waals surface area (Å²) >= 11 is 6.46. The van der Waals surface area contributed by atoms with Gasteiger partial charge in [-0.15, -0.1) is 0 Å². The minimum atomic E-state index is -0.713. The number of hydrogen-bond acceptors (Lipinski definition) is 3. The molecule has 0 unspecified atom stereocenters. The summed E-state index contributed by atoms with van der Waals surface area (Å²) in [5.74, 6) is 0.563. The van der Waals surface area contributed by atoms with E-state index >= 15 is 0 Å². The molecule has 0 radical (unpaired) electrons. The molecule has 0 saturated carbocycles. The Hall–Kier alpha value is -3.31. The molecular formula is C31H37ClN2O3. The molecule has 3 aromatic rings. The van der Waals surface area contributed by atoms with Gasteiger partial charge >= 0.3 is 0 Å². The summed E-state index contributed by atoms with van der Waals surface area (Å²) in [6.45, 7) is 6.92. The van der Waals surface area contributed by atoms with Gasteiger partial charge in [0.25, 0.3) is 5.91 Å². The number of hydrogen-bond donors (Lipinski definition) is 1. The fraction of sp³-hybridized carbons (Fsp3) is 0.355. The van der Waals surface area contributed by atoms with Crippen LogP contribution >= 0.6 is 11.6 Å². The van der Waals surface area contributed by atoms with Gasteiger partial charge in [-0.05, 0) is 47.2 Å². The molecular weight excluding hydrogens is 484 g/mol. The summed E-state index contributed by atoms with van der Waals surface area (Å²) in [4.78, 5) is 28.7. The number of rotatable bonds is 13. The van der Waals surface area contributed by atoms with E-state index in [1.807, 2.05) is 72.8 Å². The lowest BCUT2D eigenvalue weighted by atomic mass is 10.0. The van der Waals surface area contributed by atoms with Crippen LogP contribution in [0, 0.1) is 0 Å². The Balaban J connectivity index is 1.87. The molecule has 5 nitrogen and oxygen atoms in total. The second-order valence-corrected chi connectivity index (χ2v) is 9.88. The number of carbonyl (C=O) groups is 2. The van der Waals surface area contributed by atoms with Crippen LogP contribution in [0.25, 0.3) is 0 Å². The molecule has 0 aromatic heterocycles. The zero-order valence-electron chi connectivity index (χ0n) is 22.0. The zero-order chi connectivity index (χ0) is 26.6. The molecule has 0 aliphatic heterocycles. The first-order chi connectivity index (χ1) is 17.9. The Morgan fingerprint density at radius 1 is 0.946 bits per heavy atom. The third-order valence-corrected chi connectivity index (χ3v) is 6.68. The van der Waals surface area contributed by atoms with Gasteiger partial charge < -0.3 is 15.0 Å². The van der Waals surface area contributed by atoms with Gasteiger partial charge in [0.05, 0.1) is 0 Å². The molecule has 1 N–H and O–H groups in total. The number of ether oxygens (including phenoxy) is 1. The van der Waals surface area contributed by atoms with E-state index in [4.69, 9.17) is 16.3 Å². The zero-order valence-corrected chi connectivity index (χ0v) is 22.7. The molecule has 0 aliphatic carbocycles. The van der Waals surface area contributed by atoms with E-state index in [9.17, 15) is 9.59 Å². The molecule has 2 amide bonds. The standard InChI is InChI=1S/C31H37ClN2O3/c1-4-5-19-33-31(36)29(20-24-11-7-6-8-12-24)34(21-26-13-9-10-14-28(26)32)30(35)22-37-27-17-15-25(16-18-27)23(2)3/h6-18,23,29H,4-5,19-22H2,1-3H3,(H,33,36)/t29-/m1/s1. The van der Waals surface area contributed by atoms with Crippen LogP contribution in [0.5, 0.6) is 5.75 Å². The second kappa shape index (κ2) is 14.4. The average Bonchev–Trinajstić information content (AvgIpc) is 2.91. The largest absolute Gasteiger partial charge is 0.484 e. The van der Waals surface area contributed by atoms with E-state index in [1.165, 1.54) is 5.56 Å². The second-order valence-electron chi connectivity index (χ2n) is 9.48. The van der Waals surface area contributed by atoms with E-state index in [-0.39, 0.29) is 25.0 Å². The lowest BCUT2D eigenvalue weighted by molar-refractivity contribution is -0.142. The highest BCUT2D eigenvalue weighted by atomic mass is 35.5. The van der Waals surface area contributed by atoms with Crippen molar-refractivity contribution in [3.63, 3.8) is 0 Å². The van der Waals surface area contributed by atoms with Gasteiger partial charge in [-0.2, -0.15) is 0 Å². The minimum Gasteiger partial charge on any atom is -0.484 e. The van der Waals surface area contributed by atoms with E-state index in [2.05, 4.69) is 26.1 Å². The maximum Gasteiger partial charge on any atom is 0.261 e. The maximum absolute atomic E-state index is 13.7. The molecule has 0 saturated heterocycles. The van der Waals surface area contributed by atoms with Crippen molar-refractivity contribution >= 4 is 23.4 Å². The quantitative estimate of drug-likeness (QED) is 0.265. The van der Waals surface area contributed by atoms with Gasteiger partial charge in [-0.25, -0.2) is 0 Å². The van der Waals surface area contributed by atoms with E-state index in [0.29, 0.717) is 29.7 Å². The first kappa shape index (κ1) is 28.3. The van der Waals surface area contributed by atoms with Crippen LogP contribution in [-0.2, 0) is 22.6 Å². The van der Waals surface area contributed by atoms with Crippen LogP contribution < -0.4 is 10.1 Å². The Morgan fingerprint density at radius 3 is 2.27 bits per heavy atom. The van der Waals surface area contributed by atoms with Gasteiger partial charge in [0.15, 0.2) is 6.61 Å². The fourth-order valence-electron chi connectivity index (χ4n) is 4.05. The summed E-state index contributed by atoms with van der Waals surface area (Å²) < 4.78 is 5.87. The molecule has 3 rings (SSSR count). The highest BCUT2D eigenvalue weighted by molar-refractivity contribution is 6.31. The van der Waals surface area contributed by atoms with Crippen molar-refractivity contribution in [2.24, 2.45) is 0 Å². The number of benzene rings is 3. The lowest BCUT2D eigenvalue weighted by Gasteiger charge is -2.31. The van der Waals surface area contributed by atoms with E-state index < -0.39 is 6.04 Å². The average molecular weight is 521 g/mol. The number of amides is 2. The normalized spacial score (nSPS) is 11.7. The number of unbranched alkanes of at least 4 members (excludes halogenated alkanes) is 1. The van der Waals surface area contributed by atoms with Crippen molar-refractivity contribution in [3.8, 4) is 5.75 Å². The summed E-state index contributed by atoms with van der Waals surface area (Å²) in [5, 5.41) is 3.57. The van der Waals surface area contributed by atoms with Crippen LogP contribution in [0.2, 0.25) is 5.02 Å². The summed E-state index contributed by atoms with van der Waals surface area (Å²) in [5.41, 5.74) is 2.95. The maximum atomic E-state index is 13.7. The van der Waals surface area contributed by atoms with Crippen molar-refractivity contribution in [1.82, 2.24) is 10.2 Å². The Labute approximate surface area is 225 Å². The molecule has 0 fully saturated rings. The number of halogens is 1. The van der Waals surface area contributed by atoms with Crippen molar-refractivity contribution in [2.75, 3.05) is 13.2 Å². The van der Waals surface area contributed by atoms with Gasteiger partial charge in [0.2, 0.25) is 5.91 Å². The molecule has 6 heteroatoms. The van der Waals surface area contributed by atoms with Gasteiger partial charge in [0, 0.05) is 24.5 Å². The first-order valence-electron chi connectivity index (χ1n) is 13.0. The van der Waals surface area contributed by atoms with Gasteiger partial charge in [-0.1, -0.05) is 99.5 Å². The molecule has 0 aliphatic rings. The van der Waals surface area contributed by atoms with Gasteiger partial charge in [0.1, 0.15) is 11.8 Å². The smallest absolute Gasteiger partial charge is 0.261 e. The Kier molecular flexibility index (Phi) is 11.0. The third-order valence-electron chi connectivity index (χ3n) is 6.31. The van der Waals surface area contributed by atoms with Crippen molar-refractivity contribution in [3.05, 3.63) is 101 Å². The van der Waals surface area contributed by atoms with Crippen LogP contribution in [0.3, 0.4) is 0 Å². The topological polar surface area (TPSA) is 58.6 Å². The van der Waals surface area contributed by atoms with Crippen LogP contribution in [-0.4, -0.2) is 35.9 Å². The molecule has 0 spiro atoms. The monoisotopic (exact) mass is 520 g/mol. The number of nitrogens with zero attached hydrogens (tertiary/aromatic N) is 1. The first-order valence-corrected chi connectivity index (χ1v) is 13.3. The van der Waals surface area contributed by atoms with Crippen molar-refractivity contribution < 1.29 is 14.3 Å². The highest BCUT2D eigenvalue weighted by Crippen LogP contribution is 2.22. The molecule has 196 valence electrons. The fourth-order valence-corrected chi connectivity index (χ4v) is 4.24. The summed E-state index contributed by atoms with van der Waals surface area (Å²) in [6.07, 6.45) is 2.23. The van der Waals surface area contributed by atoms with Crippen LogP contribution in [0.1, 0.15) is 56.2 Å². The minimum absolute atomic E-state index is 0.181. The Bertz CT molecular complexity index is 1130. The summed E-state index contributed by atoms with van der Waals surface area (Å²) in [6, 6.07) is 24.2. The highest BCUT2D eigenvalue weighted by Gasteiger charge is 2.31. The molecule has 3 aromatic carbocycles. The van der Waals surface area contributed by atoms with E-state index in [0.717, 1.165) is 24.0 Å². The van der Waals surface area contributed by atoms with Crippen LogP contribution in [0.4, 0.5) is 0 Å². The Morgan fingerprint density at radius 2 is 1.62 bits per heavy atom. The predicted octanol–water partition coefficient (Wildman–Crippen LogP) is 6.40. The van der Waals surface area contributed by atoms with Crippen molar-refractivity contribution in [1.29, 1.82) is 0 Å². The molecule has 1 atom stereocenters. The van der Waals surface area contributed by atoms with Crippen LogP contribution in [0.15, 0.2) is 78.9 Å². The predicted molar refractivity (Wildman–Crippen MR) is 150 cm³/mol. The molecule has 37 heavy (non-hydrogen) atoms. The van der Waals surface area contributed by atoms with Gasteiger partial charge in [-0.3, -0.25) is 9.59 Å². The summed E-state index contributed by atoms with van der Waals surface area (Å²) in [7, 11) is 0. The lowest BCUT2D eigenvalue weighted by Crippen LogP contribution is -2.51. The third kappa shape index (κ3) is 8.64. The van der Waals surface area contributed by atoms with Crippen molar-refractivity contribution in [2.45, 2.75) is 58.5 Å². The molecule has 0 bridgehead atoms. The number of nitrogens with one attached hydrogen (secondary N) is 1. The van der Waals surface area contributed by atoms with E-state index in [1.54, 1.807) is 11.0 Å². The number of carbonyl (C=O) groups excluding carboxylic acids is 2.